The molecule has 0 bridgehead atoms. The molecule has 104 valence electrons. The van der Waals surface area contributed by atoms with Crippen LogP contribution >= 0.6 is 0 Å². The minimum Gasteiger partial charge on any atom is -0.397 e. The van der Waals surface area contributed by atoms with Gasteiger partial charge in [-0.1, -0.05) is 6.92 Å². The third kappa shape index (κ3) is 3.45. The summed E-state index contributed by atoms with van der Waals surface area (Å²) < 4.78 is 0. The lowest BCUT2D eigenvalue weighted by Crippen LogP contribution is -2.47. The standard InChI is InChI=1S/C14H22N4O/c1-2-17-5-7-18(8-6-17)10-14(19)11-3-4-12(15)13(16)9-11/h3-4,9H,2,5-8,10,15-16H2,1H3. The summed E-state index contributed by atoms with van der Waals surface area (Å²) in [4.78, 5) is 16.8. The highest BCUT2D eigenvalue weighted by molar-refractivity contribution is 5.99. The van der Waals surface area contributed by atoms with Crippen molar-refractivity contribution in [2.75, 3.05) is 50.7 Å². The van der Waals surface area contributed by atoms with Crippen LogP contribution < -0.4 is 11.5 Å². The van der Waals surface area contributed by atoms with Crippen LogP contribution in [0.25, 0.3) is 0 Å². The van der Waals surface area contributed by atoms with E-state index in [1.165, 1.54) is 0 Å². The molecule has 0 unspecified atom stereocenters. The molecule has 5 nitrogen and oxygen atoms in total. The Morgan fingerprint density at radius 2 is 1.74 bits per heavy atom. The summed E-state index contributed by atoms with van der Waals surface area (Å²) in [5, 5.41) is 0. The van der Waals surface area contributed by atoms with Crippen molar-refractivity contribution in [1.82, 2.24) is 9.80 Å². The van der Waals surface area contributed by atoms with Gasteiger partial charge < -0.3 is 16.4 Å². The van der Waals surface area contributed by atoms with Crippen LogP contribution in [0, 0.1) is 0 Å². The molecule has 0 amide bonds. The summed E-state index contributed by atoms with van der Waals surface area (Å²) >= 11 is 0. The molecular weight excluding hydrogens is 240 g/mol. The number of anilines is 2. The van der Waals surface area contributed by atoms with Gasteiger partial charge in [0, 0.05) is 31.7 Å². The lowest BCUT2D eigenvalue weighted by atomic mass is 10.1. The van der Waals surface area contributed by atoms with Gasteiger partial charge in [0.2, 0.25) is 0 Å². The van der Waals surface area contributed by atoms with E-state index in [1.807, 2.05) is 0 Å². The average Bonchev–Trinajstić information content (AvgIpc) is 2.42. The van der Waals surface area contributed by atoms with Crippen LogP contribution in [0.5, 0.6) is 0 Å². The van der Waals surface area contributed by atoms with Crippen molar-refractivity contribution in [2.24, 2.45) is 0 Å². The van der Waals surface area contributed by atoms with Gasteiger partial charge in [-0.25, -0.2) is 0 Å². The number of nitrogens with zero attached hydrogens (tertiary/aromatic N) is 2. The quantitative estimate of drug-likeness (QED) is 0.616. The predicted octanol–water partition coefficient (Wildman–Crippen LogP) is 0.671. The zero-order chi connectivity index (χ0) is 13.8. The number of hydrogen-bond acceptors (Lipinski definition) is 5. The summed E-state index contributed by atoms with van der Waals surface area (Å²) in [6.07, 6.45) is 0. The van der Waals surface area contributed by atoms with E-state index in [0.29, 0.717) is 23.5 Å². The van der Waals surface area contributed by atoms with Gasteiger partial charge in [0.15, 0.2) is 5.78 Å². The van der Waals surface area contributed by atoms with E-state index in [0.717, 1.165) is 32.7 Å². The Balaban J connectivity index is 1.92. The summed E-state index contributed by atoms with van der Waals surface area (Å²) in [6, 6.07) is 5.11. The van der Waals surface area contributed by atoms with Crippen LogP contribution in [0.3, 0.4) is 0 Å². The van der Waals surface area contributed by atoms with Gasteiger partial charge in [-0.05, 0) is 24.7 Å². The molecule has 2 rings (SSSR count). The number of carbonyl (C=O) groups excluding carboxylic acids is 1. The Morgan fingerprint density at radius 1 is 1.11 bits per heavy atom. The van der Waals surface area contributed by atoms with Crippen LogP contribution in [-0.2, 0) is 0 Å². The van der Waals surface area contributed by atoms with Crippen molar-refractivity contribution in [2.45, 2.75) is 6.92 Å². The number of Topliss-reactive ketones (excluding diaryl/α,β-unsaturated/α-hetero) is 1. The second kappa shape index (κ2) is 6.04. The largest absolute Gasteiger partial charge is 0.397 e. The van der Waals surface area contributed by atoms with E-state index >= 15 is 0 Å². The highest BCUT2D eigenvalue weighted by Crippen LogP contribution is 2.16. The second-order valence-electron chi connectivity index (χ2n) is 4.98. The number of likely N-dealkylation sites (N-methyl/N-ethyl adjacent to an activating group) is 1. The van der Waals surface area contributed by atoms with E-state index in [2.05, 4.69) is 16.7 Å². The van der Waals surface area contributed by atoms with Crippen LogP contribution in [0.4, 0.5) is 11.4 Å². The van der Waals surface area contributed by atoms with Gasteiger partial charge in [-0.2, -0.15) is 0 Å². The molecule has 0 aliphatic carbocycles. The van der Waals surface area contributed by atoms with Crippen molar-refractivity contribution in [3.05, 3.63) is 23.8 Å². The van der Waals surface area contributed by atoms with Crippen LogP contribution in [-0.4, -0.2) is 54.9 Å². The van der Waals surface area contributed by atoms with E-state index in [4.69, 9.17) is 11.5 Å². The molecule has 0 atom stereocenters. The molecule has 0 saturated carbocycles. The molecule has 1 fully saturated rings. The molecule has 0 aromatic heterocycles. The normalized spacial score (nSPS) is 17.5. The Hall–Kier alpha value is -1.59. The number of nitrogens with two attached hydrogens (primary N) is 2. The molecule has 1 aromatic rings. The lowest BCUT2D eigenvalue weighted by Gasteiger charge is -2.33. The monoisotopic (exact) mass is 262 g/mol. The second-order valence-corrected chi connectivity index (χ2v) is 4.98. The van der Waals surface area contributed by atoms with Crippen LogP contribution in [0.15, 0.2) is 18.2 Å². The fourth-order valence-corrected chi connectivity index (χ4v) is 2.31. The Kier molecular flexibility index (Phi) is 4.39. The Labute approximate surface area is 114 Å². The first-order valence-electron chi connectivity index (χ1n) is 6.73. The summed E-state index contributed by atoms with van der Waals surface area (Å²) in [7, 11) is 0. The Bertz CT molecular complexity index is 453. The van der Waals surface area contributed by atoms with Gasteiger partial charge in [0.1, 0.15) is 0 Å². The predicted molar refractivity (Wildman–Crippen MR) is 78.2 cm³/mol. The molecule has 1 aromatic carbocycles. The number of nitrogen functional groups attached to an aromatic ring is 2. The maximum Gasteiger partial charge on any atom is 0.176 e. The SMILES string of the molecule is CCN1CCN(CC(=O)c2ccc(N)c(N)c2)CC1. The molecule has 1 saturated heterocycles. The van der Waals surface area contributed by atoms with E-state index < -0.39 is 0 Å². The van der Waals surface area contributed by atoms with Crippen molar-refractivity contribution < 1.29 is 4.79 Å². The summed E-state index contributed by atoms with van der Waals surface area (Å²) in [5.74, 6) is 0.108. The average molecular weight is 262 g/mol. The minimum atomic E-state index is 0.108. The zero-order valence-corrected chi connectivity index (χ0v) is 11.4. The summed E-state index contributed by atoms with van der Waals surface area (Å²) in [5.41, 5.74) is 13.0. The van der Waals surface area contributed by atoms with Gasteiger partial charge in [0.05, 0.1) is 17.9 Å². The molecule has 19 heavy (non-hydrogen) atoms. The molecule has 5 heteroatoms. The van der Waals surface area contributed by atoms with E-state index in [1.54, 1.807) is 18.2 Å². The van der Waals surface area contributed by atoms with Gasteiger partial charge in [-0.15, -0.1) is 0 Å². The zero-order valence-electron chi connectivity index (χ0n) is 11.4. The van der Waals surface area contributed by atoms with Gasteiger partial charge >= 0.3 is 0 Å². The minimum absolute atomic E-state index is 0.108. The first-order chi connectivity index (χ1) is 9.10. The lowest BCUT2D eigenvalue weighted by molar-refractivity contribution is 0.0859. The number of piperazine rings is 1. The van der Waals surface area contributed by atoms with Crippen molar-refractivity contribution in [1.29, 1.82) is 0 Å². The third-order valence-electron chi connectivity index (χ3n) is 3.69. The molecule has 4 N–H and O–H groups in total. The van der Waals surface area contributed by atoms with E-state index in [9.17, 15) is 4.79 Å². The fraction of sp³-hybridized carbons (Fsp3) is 0.500. The number of ketones is 1. The number of benzene rings is 1. The Morgan fingerprint density at radius 3 is 2.32 bits per heavy atom. The molecule has 1 aliphatic heterocycles. The summed E-state index contributed by atoms with van der Waals surface area (Å²) in [6.45, 7) is 7.67. The van der Waals surface area contributed by atoms with E-state index in [-0.39, 0.29) is 5.78 Å². The topological polar surface area (TPSA) is 75.6 Å². The highest BCUT2D eigenvalue weighted by atomic mass is 16.1. The van der Waals surface area contributed by atoms with Gasteiger partial charge in [-0.3, -0.25) is 9.69 Å². The number of hydrogen-bond donors (Lipinski definition) is 2. The maximum absolute atomic E-state index is 12.2. The van der Waals surface area contributed by atoms with Crippen molar-refractivity contribution in [3.8, 4) is 0 Å². The molecule has 0 radical (unpaired) electrons. The first-order valence-corrected chi connectivity index (χ1v) is 6.73. The maximum atomic E-state index is 12.2. The smallest absolute Gasteiger partial charge is 0.176 e. The number of rotatable bonds is 4. The number of carbonyl (C=O) groups is 1. The van der Waals surface area contributed by atoms with Crippen LogP contribution in [0.2, 0.25) is 0 Å². The third-order valence-corrected chi connectivity index (χ3v) is 3.69. The molecule has 0 spiro atoms. The molecule has 1 heterocycles. The van der Waals surface area contributed by atoms with Gasteiger partial charge in [0.25, 0.3) is 0 Å². The van der Waals surface area contributed by atoms with Crippen molar-refractivity contribution in [3.63, 3.8) is 0 Å². The van der Waals surface area contributed by atoms with Crippen molar-refractivity contribution >= 4 is 17.2 Å². The highest BCUT2D eigenvalue weighted by Gasteiger charge is 2.18. The fourth-order valence-electron chi connectivity index (χ4n) is 2.31. The molecular formula is C14H22N4O. The van der Waals surface area contributed by atoms with Crippen LogP contribution in [0.1, 0.15) is 17.3 Å². The molecule has 1 aliphatic rings. The first kappa shape index (κ1) is 13.8.